The number of carbonyl (C=O) groups is 3. The van der Waals surface area contributed by atoms with Gasteiger partial charge in [-0.3, -0.25) is 19.3 Å². The number of nitrogens with zero attached hydrogens (tertiary/aromatic N) is 1. The number of amides is 2. The van der Waals surface area contributed by atoms with Crippen LogP contribution in [0.25, 0.3) is 6.08 Å². The van der Waals surface area contributed by atoms with E-state index in [9.17, 15) is 14.4 Å². The molecule has 0 aromatic heterocycles. The Bertz CT molecular complexity index is 1010. The molecule has 7 nitrogen and oxygen atoms in total. The second-order valence-electron chi connectivity index (χ2n) is 6.15. The van der Waals surface area contributed by atoms with Crippen molar-refractivity contribution < 1.29 is 28.6 Å². The van der Waals surface area contributed by atoms with Crippen LogP contribution in [0.1, 0.15) is 11.1 Å². The molecule has 1 aliphatic heterocycles. The molecule has 156 valence electrons. The van der Waals surface area contributed by atoms with Crippen LogP contribution in [-0.2, 0) is 20.9 Å². The molecule has 2 aromatic rings. The van der Waals surface area contributed by atoms with Gasteiger partial charge in [0.25, 0.3) is 11.1 Å². The number of imide groups is 1. The molecule has 30 heavy (non-hydrogen) atoms. The first-order valence-corrected chi connectivity index (χ1v) is 10.4. The maximum atomic E-state index is 12.5. The summed E-state index contributed by atoms with van der Waals surface area (Å²) < 4.78 is 16.5. The standard InChI is InChI=1S/C21H18BrNO6S/c1-27-16-9-14(8-15(22)19(16)29-12-13-6-4-3-5-7-13)10-17-20(25)23(21(26)30-17)11-18(24)28-2/h3-10H,11-12H2,1-2H3. The number of methoxy groups -OCH3 is 2. The summed E-state index contributed by atoms with van der Waals surface area (Å²) >= 11 is 4.24. The molecule has 1 fully saturated rings. The van der Waals surface area contributed by atoms with E-state index in [0.29, 0.717) is 28.1 Å². The summed E-state index contributed by atoms with van der Waals surface area (Å²) in [6.07, 6.45) is 1.57. The first kappa shape index (κ1) is 21.9. The monoisotopic (exact) mass is 491 g/mol. The Morgan fingerprint density at radius 2 is 1.90 bits per heavy atom. The van der Waals surface area contributed by atoms with Gasteiger partial charge in [-0.15, -0.1) is 0 Å². The van der Waals surface area contributed by atoms with E-state index in [-0.39, 0.29) is 4.91 Å². The molecule has 1 heterocycles. The van der Waals surface area contributed by atoms with Crippen molar-refractivity contribution in [2.75, 3.05) is 20.8 Å². The summed E-state index contributed by atoms with van der Waals surface area (Å²) in [5.41, 5.74) is 1.64. The lowest BCUT2D eigenvalue weighted by atomic mass is 10.1. The molecule has 0 N–H and O–H groups in total. The Balaban J connectivity index is 1.81. The molecule has 2 aromatic carbocycles. The average molecular weight is 492 g/mol. The van der Waals surface area contributed by atoms with Gasteiger partial charge in [-0.05, 0) is 57.0 Å². The van der Waals surface area contributed by atoms with Crippen LogP contribution in [-0.4, -0.2) is 42.8 Å². The second-order valence-corrected chi connectivity index (χ2v) is 8.00. The van der Waals surface area contributed by atoms with Crippen LogP contribution in [0.3, 0.4) is 0 Å². The Kier molecular flexibility index (Phi) is 7.17. The van der Waals surface area contributed by atoms with Crippen LogP contribution in [0.15, 0.2) is 51.8 Å². The van der Waals surface area contributed by atoms with E-state index < -0.39 is 23.7 Å². The van der Waals surface area contributed by atoms with E-state index in [1.54, 1.807) is 18.2 Å². The normalized spacial score (nSPS) is 14.9. The zero-order valence-electron chi connectivity index (χ0n) is 16.2. The van der Waals surface area contributed by atoms with Gasteiger partial charge in [0.15, 0.2) is 11.5 Å². The fraction of sp³-hybridized carbons (Fsp3) is 0.190. The third-order valence-corrected chi connectivity index (χ3v) is 5.66. The van der Waals surface area contributed by atoms with E-state index in [1.807, 2.05) is 30.3 Å². The molecular formula is C21H18BrNO6S. The van der Waals surface area contributed by atoms with Gasteiger partial charge < -0.3 is 14.2 Å². The summed E-state index contributed by atoms with van der Waals surface area (Å²) in [7, 11) is 2.72. The van der Waals surface area contributed by atoms with E-state index in [1.165, 1.54) is 14.2 Å². The van der Waals surface area contributed by atoms with Crippen molar-refractivity contribution in [3.63, 3.8) is 0 Å². The fourth-order valence-corrected chi connectivity index (χ4v) is 4.09. The number of esters is 1. The highest BCUT2D eigenvalue weighted by Crippen LogP contribution is 2.39. The Morgan fingerprint density at radius 1 is 1.17 bits per heavy atom. The summed E-state index contributed by atoms with van der Waals surface area (Å²) in [6.45, 7) is -0.0562. The van der Waals surface area contributed by atoms with Crippen molar-refractivity contribution in [1.29, 1.82) is 0 Å². The number of rotatable bonds is 7. The first-order valence-electron chi connectivity index (χ1n) is 8.79. The molecule has 0 radical (unpaired) electrons. The van der Waals surface area contributed by atoms with Crippen molar-refractivity contribution in [1.82, 2.24) is 4.90 Å². The number of thioether (sulfide) groups is 1. The van der Waals surface area contributed by atoms with Gasteiger partial charge in [0, 0.05) is 0 Å². The summed E-state index contributed by atoms with van der Waals surface area (Å²) in [5.74, 6) is -0.213. The summed E-state index contributed by atoms with van der Waals surface area (Å²) in [6, 6.07) is 13.2. The van der Waals surface area contributed by atoms with Gasteiger partial charge in [-0.1, -0.05) is 30.3 Å². The lowest BCUT2D eigenvalue weighted by Crippen LogP contribution is -2.34. The van der Waals surface area contributed by atoms with Gasteiger partial charge in [0.1, 0.15) is 13.2 Å². The summed E-state index contributed by atoms with van der Waals surface area (Å²) in [4.78, 5) is 37.0. The number of ether oxygens (including phenoxy) is 3. The van der Waals surface area contributed by atoms with Crippen molar-refractivity contribution in [2.45, 2.75) is 6.61 Å². The van der Waals surface area contributed by atoms with E-state index >= 15 is 0 Å². The number of hydrogen-bond donors (Lipinski definition) is 0. The molecule has 0 saturated carbocycles. The number of benzene rings is 2. The molecule has 2 amide bonds. The molecule has 0 spiro atoms. The maximum Gasteiger partial charge on any atom is 0.325 e. The second kappa shape index (κ2) is 9.82. The minimum atomic E-state index is -0.664. The van der Waals surface area contributed by atoms with Gasteiger partial charge >= 0.3 is 5.97 Å². The van der Waals surface area contributed by atoms with Crippen LogP contribution < -0.4 is 9.47 Å². The predicted molar refractivity (Wildman–Crippen MR) is 116 cm³/mol. The van der Waals surface area contributed by atoms with Crippen LogP contribution in [0.5, 0.6) is 11.5 Å². The van der Waals surface area contributed by atoms with Crippen molar-refractivity contribution in [3.05, 3.63) is 63.0 Å². The Morgan fingerprint density at radius 3 is 2.57 bits per heavy atom. The van der Waals surface area contributed by atoms with Gasteiger partial charge in [-0.2, -0.15) is 0 Å². The van der Waals surface area contributed by atoms with Gasteiger partial charge in [0.05, 0.1) is 23.6 Å². The fourth-order valence-electron chi connectivity index (χ4n) is 2.67. The maximum absolute atomic E-state index is 12.5. The van der Waals surface area contributed by atoms with Crippen LogP contribution in [0.2, 0.25) is 0 Å². The third-order valence-electron chi connectivity index (χ3n) is 4.16. The highest BCUT2D eigenvalue weighted by molar-refractivity contribution is 9.10. The minimum Gasteiger partial charge on any atom is -0.493 e. The van der Waals surface area contributed by atoms with Crippen LogP contribution in [0, 0.1) is 0 Å². The van der Waals surface area contributed by atoms with Crippen LogP contribution in [0.4, 0.5) is 4.79 Å². The molecule has 0 atom stereocenters. The van der Waals surface area contributed by atoms with E-state index in [2.05, 4.69) is 20.7 Å². The Labute approximate surface area is 186 Å². The first-order chi connectivity index (χ1) is 14.4. The summed E-state index contributed by atoms with van der Waals surface area (Å²) in [5, 5.41) is -0.523. The van der Waals surface area contributed by atoms with Crippen molar-refractivity contribution >= 4 is 50.9 Å². The quantitative estimate of drug-likeness (QED) is 0.422. The number of hydrogen-bond acceptors (Lipinski definition) is 7. The molecule has 1 aliphatic rings. The van der Waals surface area contributed by atoms with Crippen molar-refractivity contribution in [2.24, 2.45) is 0 Å². The molecule has 9 heteroatoms. The molecule has 1 saturated heterocycles. The van der Waals surface area contributed by atoms with Gasteiger partial charge in [-0.25, -0.2) is 0 Å². The molecule has 0 unspecified atom stereocenters. The highest BCUT2D eigenvalue weighted by atomic mass is 79.9. The topological polar surface area (TPSA) is 82.1 Å². The number of halogens is 1. The Hall–Kier alpha value is -2.78. The minimum absolute atomic E-state index is 0.204. The van der Waals surface area contributed by atoms with E-state index in [4.69, 9.17) is 9.47 Å². The zero-order valence-corrected chi connectivity index (χ0v) is 18.6. The van der Waals surface area contributed by atoms with Crippen LogP contribution >= 0.6 is 27.7 Å². The largest absolute Gasteiger partial charge is 0.493 e. The zero-order chi connectivity index (χ0) is 21.7. The van der Waals surface area contributed by atoms with Gasteiger partial charge in [0.2, 0.25) is 0 Å². The molecular weight excluding hydrogens is 474 g/mol. The lowest BCUT2D eigenvalue weighted by molar-refractivity contribution is -0.143. The molecule has 0 aliphatic carbocycles. The molecule has 0 bridgehead atoms. The highest BCUT2D eigenvalue weighted by Gasteiger charge is 2.36. The third kappa shape index (κ3) is 5.03. The molecule has 3 rings (SSSR count). The average Bonchev–Trinajstić information content (AvgIpc) is 3.00. The SMILES string of the molecule is COC(=O)CN1C(=O)SC(=Cc2cc(Br)c(OCc3ccccc3)c(OC)c2)C1=O. The van der Waals surface area contributed by atoms with Crippen molar-refractivity contribution in [3.8, 4) is 11.5 Å². The predicted octanol–water partition coefficient (Wildman–Crippen LogP) is 4.25. The van der Waals surface area contributed by atoms with E-state index in [0.717, 1.165) is 22.2 Å². The number of carbonyl (C=O) groups excluding carboxylic acids is 3. The smallest absolute Gasteiger partial charge is 0.325 e. The lowest BCUT2D eigenvalue weighted by Gasteiger charge is -2.14.